The van der Waals surface area contributed by atoms with Crippen molar-refractivity contribution in [3.63, 3.8) is 0 Å². The first-order valence-corrected chi connectivity index (χ1v) is 10.4. The van der Waals surface area contributed by atoms with Crippen molar-refractivity contribution < 1.29 is 18.7 Å². The lowest BCUT2D eigenvalue weighted by Gasteiger charge is -2.02. The molecule has 0 atom stereocenters. The number of anilines is 1. The average Bonchev–Trinajstić information content (AvgIpc) is 3.34. The molecule has 0 aliphatic carbocycles. The van der Waals surface area contributed by atoms with E-state index in [1.165, 1.54) is 40.5 Å². The monoisotopic (exact) mass is 423 g/mol. The van der Waals surface area contributed by atoms with E-state index in [2.05, 4.69) is 15.5 Å². The van der Waals surface area contributed by atoms with Gasteiger partial charge in [-0.05, 0) is 11.4 Å². The highest BCUT2D eigenvalue weighted by molar-refractivity contribution is 8.00. The Kier molecular flexibility index (Phi) is 6.37. The lowest BCUT2D eigenvalue weighted by Crippen LogP contribution is -2.13. The molecule has 0 unspecified atom stereocenters. The molecule has 3 aromatic heterocycles. The molecule has 1 N–H and O–H groups in total. The minimum Gasteiger partial charge on any atom is -0.464 e. The van der Waals surface area contributed by atoms with Gasteiger partial charge in [-0.2, -0.15) is 0 Å². The van der Waals surface area contributed by atoms with Crippen LogP contribution in [-0.4, -0.2) is 22.1 Å². The van der Waals surface area contributed by atoms with Gasteiger partial charge in [0.1, 0.15) is 16.9 Å². The summed E-state index contributed by atoms with van der Waals surface area (Å²) < 4.78 is 11.0. The second kappa shape index (κ2) is 8.93. The maximum absolute atomic E-state index is 12.1. The highest BCUT2D eigenvalue weighted by Crippen LogP contribution is 2.28. The van der Waals surface area contributed by atoms with Crippen LogP contribution >= 0.6 is 34.4 Å². The lowest BCUT2D eigenvalue weighted by molar-refractivity contribution is -0.115. The Balaban J connectivity index is 1.58. The summed E-state index contributed by atoms with van der Waals surface area (Å²) >= 11 is 3.76. The molecule has 3 aromatic rings. The normalized spacial score (nSPS) is 10.6. The van der Waals surface area contributed by atoms with Crippen molar-refractivity contribution in [3.8, 4) is 5.75 Å². The number of esters is 1. The minimum absolute atomic E-state index is 0.138. The lowest BCUT2D eigenvalue weighted by atomic mass is 10.4. The maximum Gasteiger partial charge on any atom is 0.353 e. The van der Waals surface area contributed by atoms with Crippen molar-refractivity contribution >= 4 is 51.4 Å². The number of carbonyl (C=O) groups excluding carboxylic acids is 2. The van der Waals surface area contributed by atoms with Crippen molar-refractivity contribution in [2.75, 3.05) is 5.32 Å². The van der Waals surface area contributed by atoms with E-state index in [1.807, 2.05) is 0 Å². The third kappa shape index (κ3) is 5.25. The number of amides is 1. The van der Waals surface area contributed by atoms with Gasteiger partial charge in [0.25, 0.3) is 0 Å². The molecule has 1 amide bonds. The van der Waals surface area contributed by atoms with E-state index < -0.39 is 11.4 Å². The largest absolute Gasteiger partial charge is 0.464 e. The number of thioether (sulfide) groups is 1. The number of nitrogens with one attached hydrogen (secondary N) is 1. The summed E-state index contributed by atoms with van der Waals surface area (Å²) in [5, 5.41) is 12.6. The minimum atomic E-state index is -0.602. The van der Waals surface area contributed by atoms with Gasteiger partial charge < -0.3 is 14.5 Å². The van der Waals surface area contributed by atoms with E-state index in [9.17, 15) is 14.4 Å². The molecule has 0 saturated heterocycles. The molecule has 0 bridgehead atoms. The Bertz CT molecular complexity index is 997. The summed E-state index contributed by atoms with van der Waals surface area (Å²) in [6, 6.07) is 4.60. The van der Waals surface area contributed by atoms with Crippen LogP contribution in [0.25, 0.3) is 0 Å². The first kappa shape index (κ1) is 19.3. The van der Waals surface area contributed by atoms with Crippen molar-refractivity contribution in [1.82, 2.24) is 10.2 Å². The molecule has 3 heterocycles. The van der Waals surface area contributed by atoms with Gasteiger partial charge in [0, 0.05) is 12.5 Å². The van der Waals surface area contributed by atoms with E-state index in [0.29, 0.717) is 32.3 Å². The summed E-state index contributed by atoms with van der Waals surface area (Å²) in [6.07, 6.45) is 1.48. The molecule has 0 radical (unpaired) electrons. The zero-order valence-electron chi connectivity index (χ0n) is 14.0. The molecule has 3 rings (SSSR count). The van der Waals surface area contributed by atoms with Gasteiger partial charge in [0.15, 0.2) is 4.34 Å². The molecule has 0 fully saturated rings. The summed E-state index contributed by atoms with van der Waals surface area (Å²) in [6.45, 7) is 1.75. The Morgan fingerprint density at radius 1 is 1.37 bits per heavy atom. The topological polar surface area (TPSA) is 111 Å². The van der Waals surface area contributed by atoms with Gasteiger partial charge in [-0.25, -0.2) is 4.79 Å². The predicted molar refractivity (Wildman–Crippen MR) is 103 cm³/mol. The molecule has 0 aliphatic rings. The van der Waals surface area contributed by atoms with Crippen LogP contribution in [0.2, 0.25) is 0 Å². The fourth-order valence-corrected chi connectivity index (χ4v) is 4.05. The van der Waals surface area contributed by atoms with E-state index in [-0.39, 0.29) is 11.7 Å². The summed E-state index contributed by atoms with van der Waals surface area (Å²) in [4.78, 5) is 35.7. The Hall–Kier alpha value is -2.50. The van der Waals surface area contributed by atoms with Gasteiger partial charge in [-0.3, -0.25) is 9.59 Å². The summed E-state index contributed by atoms with van der Waals surface area (Å²) in [7, 11) is 0. The number of thiophene rings is 1. The molecule has 140 valence electrons. The zero-order valence-corrected chi connectivity index (χ0v) is 16.4. The smallest absolute Gasteiger partial charge is 0.353 e. The third-order valence-corrected chi connectivity index (χ3v) is 5.93. The molecule has 11 heteroatoms. The van der Waals surface area contributed by atoms with Crippen LogP contribution in [0.3, 0.4) is 0 Å². The zero-order chi connectivity index (χ0) is 19.2. The molecule has 0 spiro atoms. The number of aromatic nitrogens is 2. The first-order chi connectivity index (χ1) is 13.0. The van der Waals surface area contributed by atoms with E-state index in [4.69, 9.17) is 9.15 Å². The van der Waals surface area contributed by atoms with Gasteiger partial charge >= 0.3 is 5.97 Å². The maximum atomic E-state index is 12.1. The van der Waals surface area contributed by atoms with Gasteiger partial charge in [0.2, 0.25) is 22.2 Å². The first-order valence-electron chi connectivity index (χ1n) is 7.68. The summed E-state index contributed by atoms with van der Waals surface area (Å²) in [5.74, 6) is -0.167. The van der Waals surface area contributed by atoms with Gasteiger partial charge in [-0.1, -0.05) is 36.1 Å². The molecule has 0 aromatic carbocycles. The fourth-order valence-electron chi connectivity index (χ4n) is 1.79. The molecule has 27 heavy (non-hydrogen) atoms. The standard InChI is InChI=1S/C16H13N3O5S3/c1-2-13(21)17-15-18-19-16(27-15)26-8-9-6-10(20)11(7-23-9)24-14(22)12-4-3-5-25-12/h3-7H,2,8H2,1H3,(H,17,18,21). The fraction of sp³-hybridized carbons (Fsp3) is 0.188. The van der Waals surface area contributed by atoms with Crippen molar-refractivity contribution in [2.45, 2.75) is 23.4 Å². The molecular formula is C16H13N3O5S3. The Labute approximate surface area is 165 Å². The van der Waals surface area contributed by atoms with Crippen molar-refractivity contribution in [1.29, 1.82) is 0 Å². The third-order valence-electron chi connectivity index (χ3n) is 3.09. The number of ether oxygens (including phenoxy) is 1. The van der Waals surface area contributed by atoms with Crippen molar-refractivity contribution in [2.24, 2.45) is 0 Å². The molecular weight excluding hydrogens is 410 g/mol. The van der Waals surface area contributed by atoms with Crippen LogP contribution in [0.4, 0.5) is 5.13 Å². The second-order valence-corrected chi connectivity index (χ2v) is 8.15. The number of hydrogen-bond donors (Lipinski definition) is 1. The van der Waals surface area contributed by atoms with Crippen molar-refractivity contribution in [3.05, 3.63) is 50.7 Å². The number of nitrogens with zero attached hydrogens (tertiary/aromatic N) is 2. The van der Waals surface area contributed by atoms with Crippen LogP contribution in [0.1, 0.15) is 28.8 Å². The molecule has 0 aliphatic heterocycles. The van der Waals surface area contributed by atoms with Crippen LogP contribution in [0.5, 0.6) is 5.75 Å². The van der Waals surface area contributed by atoms with Crippen LogP contribution in [0.15, 0.2) is 43.4 Å². The number of rotatable bonds is 7. The Morgan fingerprint density at radius 3 is 2.93 bits per heavy atom. The van der Waals surface area contributed by atoms with E-state index in [0.717, 1.165) is 6.26 Å². The highest BCUT2D eigenvalue weighted by atomic mass is 32.2. The number of hydrogen-bond acceptors (Lipinski definition) is 10. The average molecular weight is 423 g/mol. The quantitative estimate of drug-likeness (QED) is 0.350. The highest BCUT2D eigenvalue weighted by Gasteiger charge is 2.14. The SMILES string of the molecule is CCC(=O)Nc1nnc(SCc2cc(=O)c(OC(=O)c3cccs3)co2)s1. The number of carbonyl (C=O) groups is 2. The van der Waals surface area contributed by atoms with Crippen LogP contribution in [-0.2, 0) is 10.5 Å². The van der Waals surface area contributed by atoms with Crippen LogP contribution in [0, 0.1) is 0 Å². The van der Waals surface area contributed by atoms with Crippen LogP contribution < -0.4 is 15.5 Å². The molecule has 0 saturated carbocycles. The Morgan fingerprint density at radius 2 is 2.22 bits per heavy atom. The van der Waals surface area contributed by atoms with Gasteiger partial charge in [-0.15, -0.1) is 21.5 Å². The predicted octanol–water partition coefficient (Wildman–Crippen LogP) is 3.41. The van der Waals surface area contributed by atoms with E-state index >= 15 is 0 Å². The van der Waals surface area contributed by atoms with E-state index in [1.54, 1.807) is 24.4 Å². The van der Waals surface area contributed by atoms with Gasteiger partial charge in [0.05, 0.1) is 5.75 Å². The summed E-state index contributed by atoms with van der Waals surface area (Å²) in [5.41, 5.74) is -0.449. The second-order valence-electron chi connectivity index (χ2n) is 5.01. The molecule has 8 nitrogen and oxygen atoms in total.